The number of benzene rings is 2. The van der Waals surface area contributed by atoms with Gasteiger partial charge in [0.2, 0.25) is 5.91 Å². The Hall–Kier alpha value is -4.34. The summed E-state index contributed by atoms with van der Waals surface area (Å²) >= 11 is 0. The van der Waals surface area contributed by atoms with Gasteiger partial charge in [-0.2, -0.15) is 0 Å². The molecule has 3 aromatic rings. The normalized spacial score (nSPS) is 18.3. The smallest absolute Gasteiger partial charge is 0.274 e. The molecule has 5 rings (SSSR count). The van der Waals surface area contributed by atoms with E-state index in [9.17, 15) is 14.4 Å². The van der Waals surface area contributed by atoms with Crippen molar-refractivity contribution in [2.75, 3.05) is 7.11 Å². The number of methoxy groups -OCH3 is 1. The van der Waals surface area contributed by atoms with Crippen LogP contribution in [0.5, 0.6) is 11.5 Å². The number of fused-ring (bicyclic) bond motifs is 1. The van der Waals surface area contributed by atoms with E-state index in [-0.39, 0.29) is 55.0 Å². The van der Waals surface area contributed by atoms with E-state index < -0.39 is 11.4 Å². The van der Waals surface area contributed by atoms with Crippen molar-refractivity contribution in [2.24, 2.45) is 0 Å². The van der Waals surface area contributed by atoms with Gasteiger partial charge in [-0.25, -0.2) is 4.98 Å². The molecule has 1 aliphatic carbocycles. The molecule has 0 spiro atoms. The van der Waals surface area contributed by atoms with Crippen molar-refractivity contribution >= 4 is 17.7 Å². The first-order valence-electron chi connectivity index (χ1n) is 13.5. The van der Waals surface area contributed by atoms with E-state index in [4.69, 9.17) is 9.47 Å². The molecule has 10 nitrogen and oxygen atoms in total. The third kappa shape index (κ3) is 5.38. The van der Waals surface area contributed by atoms with Crippen molar-refractivity contribution in [3.05, 3.63) is 77.4 Å². The Kier molecular flexibility index (Phi) is 7.51. The number of amides is 3. The molecule has 1 unspecified atom stereocenters. The minimum Gasteiger partial charge on any atom is -0.496 e. The summed E-state index contributed by atoms with van der Waals surface area (Å²) in [4.78, 5) is 46.5. The van der Waals surface area contributed by atoms with E-state index in [2.05, 4.69) is 15.6 Å². The maximum absolute atomic E-state index is 13.9. The SMILES string of the molecule is COc1ccccc1CNC(=O)C1(C)Cn2cnc(C(=O)NCc3ccc(OC(C)C)cc3)c2C(=O)N1C1CC1. The number of hydrogen-bond acceptors (Lipinski definition) is 6. The molecular weight excluding hydrogens is 510 g/mol. The zero-order valence-electron chi connectivity index (χ0n) is 23.3. The first kappa shape index (κ1) is 27.2. The predicted octanol–water partition coefficient (Wildman–Crippen LogP) is 3.30. The molecule has 0 saturated heterocycles. The molecular formula is C30H35N5O5. The monoisotopic (exact) mass is 545 g/mol. The molecule has 0 radical (unpaired) electrons. The van der Waals surface area contributed by atoms with E-state index in [1.165, 1.54) is 6.33 Å². The van der Waals surface area contributed by atoms with Crippen LogP contribution in [0.4, 0.5) is 0 Å². The van der Waals surface area contributed by atoms with Crippen LogP contribution < -0.4 is 20.1 Å². The number of aromatic nitrogens is 2. The van der Waals surface area contributed by atoms with Crippen LogP contribution >= 0.6 is 0 Å². The molecule has 1 atom stereocenters. The fourth-order valence-electron chi connectivity index (χ4n) is 5.16. The van der Waals surface area contributed by atoms with Gasteiger partial charge in [0, 0.05) is 24.7 Å². The highest BCUT2D eigenvalue weighted by atomic mass is 16.5. The maximum Gasteiger partial charge on any atom is 0.274 e. The van der Waals surface area contributed by atoms with Crippen LogP contribution in [0.25, 0.3) is 0 Å². The minimum absolute atomic E-state index is 0.0550. The molecule has 1 saturated carbocycles. The number of nitrogens with one attached hydrogen (secondary N) is 2. The Balaban J connectivity index is 1.31. The summed E-state index contributed by atoms with van der Waals surface area (Å²) < 4.78 is 12.7. The summed E-state index contributed by atoms with van der Waals surface area (Å²) in [5.41, 5.74) is 0.864. The lowest BCUT2D eigenvalue weighted by Crippen LogP contribution is -2.64. The lowest BCUT2D eigenvalue weighted by molar-refractivity contribution is -0.133. The van der Waals surface area contributed by atoms with Crippen molar-refractivity contribution in [3.63, 3.8) is 0 Å². The molecule has 40 heavy (non-hydrogen) atoms. The number of rotatable bonds is 10. The third-order valence-corrected chi connectivity index (χ3v) is 7.27. The molecule has 2 heterocycles. The summed E-state index contributed by atoms with van der Waals surface area (Å²) in [5.74, 6) is 0.369. The molecule has 2 aliphatic rings. The zero-order chi connectivity index (χ0) is 28.4. The van der Waals surface area contributed by atoms with Gasteiger partial charge in [-0.1, -0.05) is 30.3 Å². The molecule has 2 aromatic carbocycles. The Morgan fingerprint density at radius 1 is 1.07 bits per heavy atom. The Morgan fingerprint density at radius 3 is 2.48 bits per heavy atom. The highest BCUT2D eigenvalue weighted by Gasteiger charge is 2.53. The van der Waals surface area contributed by atoms with Crippen molar-refractivity contribution in [3.8, 4) is 11.5 Å². The van der Waals surface area contributed by atoms with Crippen LogP contribution in [0.2, 0.25) is 0 Å². The Labute approximate surface area is 233 Å². The second kappa shape index (κ2) is 11.0. The van der Waals surface area contributed by atoms with Crippen LogP contribution in [0, 0.1) is 0 Å². The summed E-state index contributed by atoms with van der Waals surface area (Å²) in [5, 5.41) is 5.86. The van der Waals surface area contributed by atoms with Crippen LogP contribution in [0.3, 0.4) is 0 Å². The average Bonchev–Trinajstić information content (AvgIpc) is 3.68. The second-order valence-corrected chi connectivity index (χ2v) is 10.7. The second-order valence-electron chi connectivity index (χ2n) is 10.7. The molecule has 210 valence electrons. The molecule has 1 fully saturated rings. The lowest BCUT2D eigenvalue weighted by atomic mass is 9.93. The maximum atomic E-state index is 13.9. The Morgan fingerprint density at radius 2 is 1.80 bits per heavy atom. The van der Waals surface area contributed by atoms with Crippen LogP contribution in [0.15, 0.2) is 54.9 Å². The highest BCUT2D eigenvalue weighted by Crippen LogP contribution is 2.39. The van der Waals surface area contributed by atoms with Gasteiger partial charge < -0.3 is 29.6 Å². The number of imidazole rings is 1. The van der Waals surface area contributed by atoms with Gasteiger partial charge in [-0.3, -0.25) is 14.4 Å². The van der Waals surface area contributed by atoms with E-state index in [0.29, 0.717) is 5.75 Å². The van der Waals surface area contributed by atoms with Gasteiger partial charge in [0.1, 0.15) is 22.7 Å². The lowest BCUT2D eigenvalue weighted by Gasteiger charge is -2.44. The highest BCUT2D eigenvalue weighted by molar-refractivity contribution is 6.07. The number of hydrogen-bond donors (Lipinski definition) is 2. The molecule has 1 aromatic heterocycles. The quantitative estimate of drug-likeness (QED) is 0.404. The largest absolute Gasteiger partial charge is 0.496 e. The number of ether oxygens (including phenoxy) is 2. The van der Waals surface area contributed by atoms with Crippen molar-refractivity contribution in [1.82, 2.24) is 25.1 Å². The van der Waals surface area contributed by atoms with E-state index >= 15 is 0 Å². The summed E-state index contributed by atoms with van der Waals surface area (Å²) in [6.45, 7) is 6.43. The molecule has 3 amide bonds. The topological polar surface area (TPSA) is 115 Å². The first-order chi connectivity index (χ1) is 19.2. The van der Waals surface area contributed by atoms with E-state index in [0.717, 1.165) is 29.7 Å². The fourth-order valence-corrected chi connectivity index (χ4v) is 5.16. The fraction of sp³-hybridized carbons (Fsp3) is 0.400. The number of nitrogens with zero attached hydrogens (tertiary/aromatic N) is 3. The molecule has 0 bridgehead atoms. The molecule has 1 aliphatic heterocycles. The summed E-state index contributed by atoms with van der Waals surface area (Å²) in [6.07, 6.45) is 3.17. The van der Waals surface area contributed by atoms with Gasteiger partial charge in [-0.15, -0.1) is 0 Å². The van der Waals surface area contributed by atoms with Gasteiger partial charge >= 0.3 is 0 Å². The zero-order valence-corrected chi connectivity index (χ0v) is 23.3. The van der Waals surface area contributed by atoms with Crippen LogP contribution in [-0.4, -0.2) is 57.0 Å². The van der Waals surface area contributed by atoms with E-state index in [1.54, 1.807) is 23.5 Å². The number of carbonyl (C=O) groups is 3. The van der Waals surface area contributed by atoms with Gasteiger partial charge in [0.25, 0.3) is 11.8 Å². The molecule has 10 heteroatoms. The third-order valence-electron chi connectivity index (χ3n) is 7.27. The average molecular weight is 546 g/mol. The first-order valence-corrected chi connectivity index (χ1v) is 13.5. The van der Waals surface area contributed by atoms with E-state index in [1.807, 2.05) is 62.4 Å². The van der Waals surface area contributed by atoms with Gasteiger partial charge in [0.05, 0.1) is 26.1 Å². The van der Waals surface area contributed by atoms with Crippen LogP contribution in [0.1, 0.15) is 65.7 Å². The summed E-state index contributed by atoms with van der Waals surface area (Å²) in [7, 11) is 1.59. The predicted molar refractivity (Wildman–Crippen MR) is 148 cm³/mol. The summed E-state index contributed by atoms with van der Waals surface area (Å²) in [6, 6.07) is 14.9. The van der Waals surface area contributed by atoms with Crippen LogP contribution in [-0.2, 0) is 24.4 Å². The van der Waals surface area contributed by atoms with Crippen molar-refractivity contribution < 1.29 is 23.9 Å². The van der Waals surface area contributed by atoms with Gasteiger partial charge in [0.15, 0.2) is 5.69 Å². The van der Waals surface area contributed by atoms with Crippen molar-refractivity contribution in [1.29, 1.82) is 0 Å². The number of carbonyl (C=O) groups excluding carboxylic acids is 3. The van der Waals surface area contributed by atoms with Crippen molar-refractivity contribution in [2.45, 2.75) is 70.9 Å². The van der Waals surface area contributed by atoms with Gasteiger partial charge in [-0.05, 0) is 57.4 Å². The number of para-hydroxylation sites is 1. The molecule has 2 N–H and O–H groups in total. The Bertz CT molecular complexity index is 1410. The minimum atomic E-state index is -1.14. The standard InChI is InChI=1S/C30H35N5O5/c1-19(2)40-23-13-9-20(10-14-23)15-31-27(36)25-26-28(37)35(22-11-12-22)30(3,17-34(26)18-33-25)29(38)32-16-21-7-5-6-8-24(21)39-4/h5-10,13-14,18-19,22H,11-12,15-17H2,1-4H3,(H,31,36)(H,32,38).